The van der Waals surface area contributed by atoms with Crippen molar-refractivity contribution in [1.29, 1.82) is 0 Å². The summed E-state index contributed by atoms with van der Waals surface area (Å²) in [6.45, 7) is 0. The maximum absolute atomic E-state index is 12.1. The molecule has 1 aliphatic heterocycles. The molecule has 8 heteroatoms. The first-order valence-corrected chi connectivity index (χ1v) is 10.1. The molecule has 2 aliphatic carbocycles. The lowest BCUT2D eigenvalue weighted by atomic mass is 9.85. The van der Waals surface area contributed by atoms with Gasteiger partial charge < -0.3 is 16.2 Å². The molecule has 0 spiro atoms. The summed E-state index contributed by atoms with van der Waals surface area (Å²) in [6, 6.07) is 2.06. The SMILES string of the molecule is NC(=O)c1cc(N2N=CC3C(=O)CCCC32)sc1NC1CCC(O)CC1. The van der Waals surface area contributed by atoms with Crippen LogP contribution in [0.2, 0.25) is 0 Å². The van der Waals surface area contributed by atoms with Gasteiger partial charge in [0.05, 0.1) is 23.6 Å². The number of anilines is 2. The number of nitrogens with two attached hydrogens (primary N) is 1. The predicted octanol–water partition coefficient (Wildman–Crippen LogP) is 2.11. The van der Waals surface area contributed by atoms with E-state index in [4.69, 9.17) is 5.73 Å². The van der Waals surface area contributed by atoms with Crippen molar-refractivity contribution in [3.8, 4) is 0 Å². The monoisotopic (exact) mass is 376 g/mol. The van der Waals surface area contributed by atoms with Crippen molar-refractivity contribution in [1.82, 2.24) is 0 Å². The van der Waals surface area contributed by atoms with Crippen molar-refractivity contribution in [2.45, 2.75) is 63.1 Å². The highest BCUT2D eigenvalue weighted by Crippen LogP contribution is 2.41. The number of hydrogen-bond acceptors (Lipinski definition) is 7. The predicted molar refractivity (Wildman–Crippen MR) is 102 cm³/mol. The number of aliphatic hydroxyl groups excluding tert-OH is 1. The van der Waals surface area contributed by atoms with E-state index in [2.05, 4.69) is 10.4 Å². The number of aliphatic hydroxyl groups is 1. The number of carbonyl (C=O) groups is 2. The molecule has 2 saturated carbocycles. The van der Waals surface area contributed by atoms with Crippen LogP contribution in [-0.2, 0) is 4.79 Å². The molecule has 7 nitrogen and oxygen atoms in total. The van der Waals surface area contributed by atoms with Gasteiger partial charge >= 0.3 is 0 Å². The van der Waals surface area contributed by atoms with Gasteiger partial charge in [-0.1, -0.05) is 11.3 Å². The van der Waals surface area contributed by atoms with Crippen LogP contribution in [0, 0.1) is 5.92 Å². The number of nitrogens with one attached hydrogen (secondary N) is 1. The molecule has 0 bridgehead atoms. The zero-order chi connectivity index (χ0) is 18.3. The Balaban J connectivity index is 1.55. The third-order valence-electron chi connectivity index (χ3n) is 5.62. The van der Waals surface area contributed by atoms with E-state index in [1.54, 1.807) is 12.3 Å². The Morgan fingerprint density at radius 3 is 2.81 bits per heavy atom. The van der Waals surface area contributed by atoms with Crippen molar-refractivity contribution in [2.75, 3.05) is 10.3 Å². The Bertz CT molecular complexity index is 739. The number of ketones is 1. The first kappa shape index (κ1) is 17.5. The molecule has 2 heterocycles. The molecule has 140 valence electrons. The fourth-order valence-electron chi connectivity index (χ4n) is 4.14. The van der Waals surface area contributed by atoms with Gasteiger partial charge in [-0.2, -0.15) is 5.10 Å². The molecule has 2 atom stereocenters. The minimum Gasteiger partial charge on any atom is -0.393 e. The molecule has 4 N–H and O–H groups in total. The van der Waals surface area contributed by atoms with Gasteiger partial charge in [-0.3, -0.25) is 14.6 Å². The van der Waals surface area contributed by atoms with Gasteiger partial charge in [0.15, 0.2) is 0 Å². The Labute approximate surface area is 156 Å². The number of carbonyl (C=O) groups excluding carboxylic acids is 2. The number of amides is 1. The lowest BCUT2D eigenvalue weighted by Gasteiger charge is -2.29. The van der Waals surface area contributed by atoms with Crippen molar-refractivity contribution < 1.29 is 14.7 Å². The van der Waals surface area contributed by atoms with Gasteiger partial charge in [-0.05, 0) is 44.6 Å². The molecule has 1 amide bonds. The number of hydrogen-bond donors (Lipinski definition) is 3. The number of primary amides is 1. The van der Waals surface area contributed by atoms with Crippen LogP contribution in [0.5, 0.6) is 0 Å². The number of hydrazone groups is 1. The molecular weight excluding hydrogens is 352 g/mol. The standard InChI is InChI=1S/C18H24N4O3S/c19-17(25)12-8-16(22-14-2-1-3-15(24)13(14)9-20-22)26-18(12)21-10-4-6-11(23)7-5-10/h8-11,13-14,21,23H,1-7H2,(H2,19,25). The summed E-state index contributed by atoms with van der Waals surface area (Å²) in [5.74, 6) is -0.359. The van der Waals surface area contributed by atoms with Gasteiger partial charge in [-0.25, -0.2) is 0 Å². The molecule has 3 aliphatic rings. The number of rotatable bonds is 4. The highest BCUT2D eigenvalue weighted by molar-refractivity contribution is 7.20. The van der Waals surface area contributed by atoms with E-state index in [-0.39, 0.29) is 29.9 Å². The quantitative estimate of drug-likeness (QED) is 0.746. The van der Waals surface area contributed by atoms with Crippen LogP contribution in [0.25, 0.3) is 0 Å². The second-order valence-electron chi connectivity index (χ2n) is 7.40. The van der Waals surface area contributed by atoms with Crippen molar-refractivity contribution >= 4 is 39.2 Å². The summed E-state index contributed by atoms with van der Waals surface area (Å²) in [6.07, 6.45) is 7.22. The topological polar surface area (TPSA) is 108 Å². The van der Waals surface area contributed by atoms with Crippen LogP contribution in [0.15, 0.2) is 11.2 Å². The summed E-state index contributed by atoms with van der Waals surface area (Å²) in [5, 5.41) is 21.0. The molecular formula is C18H24N4O3S. The van der Waals surface area contributed by atoms with Crippen LogP contribution >= 0.6 is 11.3 Å². The maximum atomic E-state index is 12.1. The van der Waals surface area contributed by atoms with Crippen LogP contribution < -0.4 is 16.1 Å². The molecule has 1 aromatic heterocycles. The Morgan fingerprint density at radius 2 is 2.08 bits per heavy atom. The highest BCUT2D eigenvalue weighted by atomic mass is 32.1. The van der Waals surface area contributed by atoms with E-state index in [1.807, 2.05) is 5.01 Å². The summed E-state index contributed by atoms with van der Waals surface area (Å²) in [5.41, 5.74) is 6.05. The molecule has 4 rings (SSSR count). The van der Waals surface area contributed by atoms with Crippen molar-refractivity contribution in [2.24, 2.45) is 16.8 Å². The number of fused-ring (bicyclic) bond motifs is 1. The zero-order valence-electron chi connectivity index (χ0n) is 14.6. The summed E-state index contributed by atoms with van der Waals surface area (Å²) >= 11 is 1.46. The normalized spacial score (nSPS) is 31.1. The second-order valence-corrected chi connectivity index (χ2v) is 8.43. The molecule has 0 radical (unpaired) electrons. The van der Waals surface area contributed by atoms with Crippen molar-refractivity contribution in [3.63, 3.8) is 0 Å². The molecule has 2 unspecified atom stereocenters. The van der Waals surface area contributed by atoms with E-state index in [1.165, 1.54) is 11.3 Å². The van der Waals surface area contributed by atoms with Crippen LogP contribution in [0.1, 0.15) is 55.3 Å². The molecule has 1 aromatic rings. The fraction of sp³-hybridized carbons (Fsp3) is 0.611. The Morgan fingerprint density at radius 1 is 1.31 bits per heavy atom. The Hall–Kier alpha value is -1.93. The molecule has 2 fully saturated rings. The second kappa shape index (κ2) is 7.00. The number of nitrogens with zero attached hydrogens (tertiary/aromatic N) is 2. The smallest absolute Gasteiger partial charge is 0.251 e. The van der Waals surface area contributed by atoms with Gasteiger partial charge in [-0.15, -0.1) is 0 Å². The fourth-order valence-corrected chi connectivity index (χ4v) is 5.30. The number of thiophene rings is 1. The minimum absolute atomic E-state index is 0.0494. The lowest BCUT2D eigenvalue weighted by Crippen LogP contribution is -2.39. The van der Waals surface area contributed by atoms with E-state index in [0.717, 1.165) is 48.5 Å². The summed E-state index contributed by atoms with van der Waals surface area (Å²) in [7, 11) is 0. The third kappa shape index (κ3) is 3.23. The Kier molecular flexibility index (Phi) is 4.71. The highest BCUT2D eigenvalue weighted by Gasteiger charge is 2.40. The van der Waals surface area contributed by atoms with Crippen LogP contribution in [-0.4, -0.2) is 41.2 Å². The van der Waals surface area contributed by atoms with Crippen molar-refractivity contribution in [3.05, 3.63) is 11.6 Å². The minimum atomic E-state index is -0.467. The van der Waals surface area contributed by atoms with E-state index >= 15 is 0 Å². The summed E-state index contributed by atoms with van der Waals surface area (Å²) < 4.78 is 0. The van der Waals surface area contributed by atoms with E-state index in [9.17, 15) is 14.7 Å². The van der Waals surface area contributed by atoms with E-state index < -0.39 is 5.91 Å². The van der Waals surface area contributed by atoms with Crippen LogP contribution in [0.4, 0.5) is 10.0 Å². The molecule has 26 heavy (non-hydrogen) atoms. The van der Waals surface area contributed by atoms with Gasteiger partial charge in [0, 0.05) is 18.7 Å². The van der Waals surface area contributed by atoms with Gasteiger partial charge in [0.2, 0.25) is 0 Å². The average molecular weight is 376 g/mol. The summed E-state index contributed by atoms with van der Waals surface area (Å²) in [4.78, 5) is 24.0. The maximum Gasteiger partial charge on any atom is 0.251 e. The lowest BCUT2D eigenvalue weighted by molar-refractivity contribution is -0.122. The van der Waals surface area contributed by atoms with E-state index in [0.29, 0.717) is 12.0 Å². The molecule has 0 saturated heterocycles. The van der Waals surface area contributed by atoms with Gasteiger partial charge in [0.25, 0.3) is 5.91 Å². The van der Waals surface area contributed by atoms with Crippen LogP contribution in [0.3, 0.4) is 0 Å². The zero-order valence-corrected chi connectivity index (χ0v) is 15.4. The largest absolute Gasteiger partial charge is 0.393 e. The first-order chi connectivity index (χ1) is 12.5. The average Bonchev–Trinajstić information content (AvgIpc) is 3.22. The third-order valence-corrected chi connectivity index (χ3v) is 6.67. The van der Waals surface area contributed by atoms with Gasteiger partial charge in [0.1, 0.15) is 15.8 Å². The number of Topliss-reactive ketones (excluding diaryl/α,β-unsaturated/α-hetero) is 1. The first-order valence-electron chi connectivity index (χ1n) is 9.27. The molecule has 0 aromatic carbocycles.